The molecule has 52 heavy (non-hydrogen) atoms. The molecule has 0 spiro atoms. The number of esters is 1. The van der Waals surface area contributed by atoms with E-state index in [2.05, 4.69) is 54.6 Å². The topological polar surface area (TPSA) is 90.9 Å². The summed E-state index contributed by atoms with van der Waals surface area (Å²) in [5, 5.41) is 0. The molecule has 0 N–H and O–H groups in total. The number of ether oxygens (including phenoxy) is 8. The minimum atomic E-state index is -0.373. The van der Waals surface area contributed by atoms with E-state index >= 15 is 0 Å². The van der Waals surface area contributed by atoms with Crippen molar-refractivity contribution in [1.82, 2.24) is 0 Å². The van der Waals surface area contributed by atoms with Crippen LogP contribution in [-0.2, 0) is 49.1 Å². The zero-order chi connectivity index (χ0) is 35.6. The lowest BCUT2D eigenvalue weighted by atomic mass is 9.89. The van der Waals surface area contributed by atoms with Crippen molar-refractivity contribution in [2.45, 2.75) is 165 Å². The van der Waals surface area contributed by atoms with Gasteiger partial charge in [-0.2, -0.15) is 0 Å². The van der Waals surface area contributed by atoms with E-state index in [0.717, 1.165) is 135 Å². The van der Waals surface area contributed by atoms with E-state index in [0.29, 0.717) is 13.0 Å². The first-order valence-corrected chi connectivity index (χ1v) is 20.7. The summed E-state index contributed by atoms with van der Waals surface area (Å²) in [6, 6.07) is 10.6. The first-order valence-electron chi connectivity index (χ1n) is 20.7. The smallest absolute Gasteiger partial charge is 0.308 e. The molecule has 0 amide bonds. The monoisotopic (exact) mass is 724 g/mol. The number of hydrogen-bond acceptors (Lipinski definition) is 9. The van der Waals surface area contributed by atoms with E-state index in [-0.39, 0.29) is 61.3 Å². The standard InChI is InChI=1S/C43H64O9/c44-39(52-43-23-11-15-31-48-43)19-7-2-1-6-18-35-36(27-26-34(49-40-20-8-12-28-45-40)25-24-33-16-4-3-5-17-33)38(51-42-22-10-14-30-47-42)32-37(35)50-41-21-9-13-29-46-41/h1,3-6,16-17,26-27,34-38,40-43H,2,7-15,18-25,28-32H2/b6-1+,27-26+/t34-,35+,36+,37-,38+,40?,41?,42?,43?/m0/s1. The van der Waals surface area contributed by atoms with Crippen molar-refractivity contribution in [3.63, 3.8) is 0 Å². The van der Waals surface area contributed by atoms with Crippen LogP contribution in [-0.4, -0.2) is 75.9 Å². The third-order valence-corrected chi connectivity index (χ3v) is 11.1. The largest absolute Gasteiger partial charge is 0.436 e. The molecule has 1 aromatic carbocycles. The number of unbranched alkanes of at least 4 members (excludes halogenated alkanes) is 1. The second kappa shape index (κ2) is 22.3. The van der Waals surface area contributed by atoms with Crippen LogP contribution in [0.3, 0.4) is 0 Å². The van der Waals surface area contributed by atoms with E-state index in [9.17, 15) is 4.79 Å². The minimum Gasteiger partial charge on any atom is -0.436 e. The molecule has 1 saturated carbocycles. The molecule has 1 aliphatic carbocycles. The Kier molecular flexibility index (Phi) is 17.0. The molecule has 9 atom stereocenters. The summed E-state index contributed by atoms with van der Waals surface area (Å²) in [6.07, 6.45) is 25.8. The molecule has 0 radical (unpaired) electrons. The Morgan fingerprint density at radius 2 is 1.35 bits per heavy atom. The first kappa shape index (κ1) is 39.6. The van der Waals surface area contributed by atoms with Crippen LogP contribution in [0.25, 0.3) is 0 Å². The molecule has 0 aromatic heterocycles. The second-order valence-electron chi connectivity index (χ2n) is 15.2. The summed E-state index contributed by atoms with van der Waals surface area (Å²) >= 11 is 0. The fraction of sp³-hybridized carbons (Fsp3) is 0.744. The fourth-order valence-corrected chi connectivity index (χ4v) is 8.16. The highest BCUT2D eigenvalue weighted by atomic mass is 16.7. The SMILES string of the molecule is O=C(CCC/C=C/C[C@@H]1[C@@H](/C=C/[C@H](CCc2ccccc2)OC2CCCCO2)[C@H](OC2CCCCO2)C[C@@H]1OC1CCCCO1)OC1CCCCO1. The van der Waals surface area contributed by atoms with Gasteiger partial charge in [0.05, 0.1) is 24.9 Å². The molecular weight excluding hydrogens is 660 g/mol. The zero-order valence-corrected chi connectivity index (χ0v) is 31.3. The third-order valence-electron chi connectivity index (χ3n) is 11.1. The summed E-state index contributed by atoms with van der Waals surface area (Å²) < 4.78 is 49.6. The molecular formula is C43H64O9. The number of aryl methyl sites for hydroxylation is 1. The van der Waals surface area contributed by atoms with Gasteiger partial charge in [-0.15, -0.1) is 0 Å². The van der Waals surface area contributed by atoms with Gasteiger partial charge in [-0.1, -0.05) is 54.6 Å². The predicted molar refractivity (Wildman–Crippen MR) is 198 cm³/mol. The van der Waals surface area contributed by atoms with Crippen LogP contribution in [0, 0.1) is 11.8 Å². The molecule has 6 rings (SSSR count). The summed E-state index contributed by atoms with van der Waals surface area (Å²) in [6.45, 7) is 2.93. The lowest BCUT2D eigenvalue weighted by molar-refractivity contribution is -0.203. The molecule has 5 fully saturated rings. The van der Waals surface area contributed by atoms with Gasteiger partial charge in [0.2, 0.25) is 6.29 Å². The lowest BCUT2D eigenvalue weighted by Crippen LogP contribution is -2.31. The van der Waals surface area contributed by atoms with Crippen LogP contribution in [0.15, 0.2) is 54.6 Å². The number of carbonyl (C=O) groups is 1. The summed E-state index contributed by atoms with van der Waals surface area (Å²) in [5.41, 5.74) is 1.31. The van der Waals surface area contributed by atoms with E-state index < -0.39 is 0 Å². The van der Waals surface area contributed by atoms with Gasteiger partial charge in [0.25, 0.3) is 0 Å². The van der Waals surface area contributed by atoms with Gasteiger partial charge in [0.15, 0.2) is 18.9 Å². The van der Waals surface area contributed by atoms with Crippen molar-refractivity contribution >= 4 is 5.97 Å². The molecule has 290 valence electrons. The Bertz CT molecular complexity index is 1180. The molecule has 1 aromatic rings. The summed E-state index contributed by atoms with van der Waals surface area (Å²) in [5.74, 6) is 0.139. The summed E-state index contributed by atoms with van der Waals surface area (Å²) in [7, 11) is 0. The molecule has 9 nitrogen and oxygen atoms in total. The summed E-state index contributed by atoms with van der Waals surface area (Å²) in [4.78, 5) is 12.4. The van der Waals surface area contributed by atoms with Crippen molar-refractivity contribution in [1.29, 1.82) is 0 Å². The maximum atomic E-state index is 12.4. The Morgan fingerprint density at radius 3 is 1.98 bits per heavy atom. The first-order chi connectivity index (χ1) is 25.7. The van der Waals surface area contributed by atoms with E-state index in [1.807, 2.05) is 0 Å². The molecule has 4 unspecified atom stereocenters. The number of hydrogen-bond donors (Lipinski definition) is 0. The quantitative estimate of drug-likeness (QED) is 0.0838. The van der Waals surface area contributed by atoms with Crippen molar-refractivity contribution in [2.75, 3.05) is 26.4 Å². The normalized spacial score (nSPS) is 32.3. The number of rotatable bonds is 18. The van der Waals surface area contributed by atoms with Crippen molar-refractivity contribution in [3.8, 4) is 0 Å². The Labute approximate surface area is 312 Å². The molecule has 4 saturated heterocycles. The maximum absolute atomic E-state index is 12.4. The Balaban J connectivity index is 1.14. The predicted octanol–water partition coefficient (Wildman–Crippen LogP) is 8.73. The Hall–Kier alpha value is -2.11. The van der Waals surface area contributed by atoms with Crippen LogP contribution in [0.2, 0.25) is 0 Å². The third kappa shape index (κ3) is 13.3. The fourth-order valence-electron chi connectivity index (χ4n) is 8.16. The van der Waals surface area contributed by atoms with Crippen molar-refractivity contribution in [2.24, 2.45) is 11.8 Å². The van der Waals surface area contributed by atoms with Gasteiger partial charge < -0.3 is 37.9 Å². The van der Waals surface area contributed by atoms with Gasteiger partial charge in [0, 0.05) is 45.0 Å². The van der Waals surface area contributed by atoms with Crippen LogP contribution >= 0.6 is 0 Å². The van der Waals surface area contributed by atoms with Gasteiger partial charge in [-0.05, 0) is 114 Å². The Morgan fingerprint density at radius 1 is 0.731 bits per heavy atom. The van der Waals surface area contributed by atoms with Crippen molar-refractivity contribution < 1.29 is 42.7 Å². The van der Waals surface area contributed by atoms with Gasteiger partial charge in [0.1, 0.15) is 0 Å². The molecule has 4 aliphatic heterocycles. The average Bonchev–Trinajstić information content (AvgIpc) is 3.50. The van der Waals surface area contributed by atoms with Crippen molar-refractivity contribution in [3.05, 3.63) is 60.2 Å². The van der Waals surface area contributed by atoms with Crippen LogP contribution in [0.1, 0.15) is 121 Å². The molecule has 4 heterocycles. The molecule has 9 heteroatoms. The van der Waals surface area contributed by atoms with E-state index in [4.69, 9.17) is 37.9 Å². The van der Waals surface area contributed by atoms with E-state index in [1.54, 1.807) is 0 Å². The van der Waals surface area contributed by atoms with Gasteiger partial charge >= 0.3 is 5.97 Å². The highest BCUT2D eigenvalue weighted by molar-refractivity contribution is 5.69. The van der Waals surface area contributed by atoms with Gasteiger partial charge in [-0.3, -0.25) is 4.79 Å². The molecule has 0 bridgehead atoms. The van der Waals surface area contributed by atoms with E-state index in [1.165, 1.54) is 5.56 Å². The highest BCUT2D eigenvalue weighted by Gasteiger charge is 2.45. The number of allylic oxidation sites excluding steroid dienone is 2. The van der Waals surface area contributed by atoms with Crippen LogP contribution in [0.5, 0.6) is 0 Å². The second-order valence-corrected chi connectivity index (χ2v) is 15.2. The number of benzene rings is 1. The highest BCUT2D eigenvalue weighted by Crippen LogP contribution is 2.42. The maximum Gasteiger partial charge on any atom is 0.308 e. The minimum absolute atomic E-state index is 0.00757. The average molecular weight is 725 g/mol. The van der Waals surface area contributed by atoms with Gasteiger partial charge in [-0.25, -0.2) is 0 Å². The number of carbonyl (C=O) groups excluding carboxylic acids is 1. The van der Waals surface area contributed by atoms with Crippen LogP contribution < -0.4 is 0 Å². The van der Waals surface area contributed by atoms with Crippen LogP contribution in [0.4, 0.5) is 0 Å². The molecule has 5 aliphatic rings. The lowest BCUT2D eigenvalue weighted by Gasteiger charge is -2.30. The zero-order valence-electron chi connectivity index (χ0n) is 31.3.